The van der Waals surface area contributed by atoms with Crippen LogP contribution >= 0.6 is 0 Å². The topological polar surface area (TPSA) is 0 Å². The zero-order valence-corrected chi connectivity index (χ0v) is 10.5. The van der Waals surface area contributed by atoms with Crippen LogP contribution in [-0.4, -0.2) is 0 Å². The van der Waals surface area contributed by atoms with Gasteiger partial charge in [-0.1, -0.05) is 35.5 Å². The molecule has 0 heterocycles. The van der Waals surface area contributed by atoms with E-state index < -0.39 is 0 Å². The lowest BCUT2D eigenvalue weighted by atomic mass is 9.88. The second kappa shape index (κ2) is 5.95. The molecule has 0 heteroatoms. The molecule has 0 aromatic rings. The first kappa shape index (κ1) is 12.3. The normalized spacial score (nSPS) is 31.0. The van der Waals surface area contributed by atoms with Gasteiger partial charge >= 0.3 is 0 Å². The molecule has 0 amide bonds. The minimum Gasteiger partial charge on any atom is -0.0998 e. The SMILES string of the molecule is C=C(C)C1CC/C=C(\C)CC/C=C(\C)C1. The van der Waals surface area contributed by atoms with Gasteiger partial charge in [0.1, 0.15) is 0 Å². The molecule has 0 aromatic carbocycles. The fraction of sp³-hybridized carbons (Fsp3) is 0.600. The summed E-state index contributed by atoms with van der Waals surface area (Å²) in [7, 11) is 0. The molecule has 0 radical (unpaired) electrons. The molecular formula is C15H24. The van der Waals surface area contributed by atoms with Crippen molar-refractivity contribution >= 4 is 0 Å². The summed E-state index contributed by atoms with van der Waals surface area (Å²) < 4.78 is 0. The van der Waals surface area contributed by atoms with Crippen LogP contribution in [0.1, 0.15) is 52.9 Å². The lowest BCUT2D eigenvalue weighted by molar-refractivity contribution is 0.557. The van der Waals surface area contributed by atoms with Gasteiger partial charge in [-0.05, 0) is 58.8 Å². The fourth-order valence-electron chi connectivity index (χ4n) is 2.17. The van der Waals surface area contributed by atoms with Crippen molar-refractivity contribution < 1.29 is 0 Å². The molecule has 0 spiro atoms. The monoisotopic (exact) mass is 204 g/mol. The predicted octanol–water partition coefficient (Wildman–Crippen LogP) is 5.04. The van der Waals surface area contributed by atoms with E-state index in [4.69, 9.17) is 0 Å². The summed E-state index contributed by atoms with van der Waals surface area (Å²) in [4.78, 5) is 0. The van der Waals surface area contributed by atoms with Gasteiger partial charge in [0.05, 0.1) is 0 Å². The average molecular weight is 204 g/mol. The van der Waals surface area contributed by atoms with E-state index in [2.05, 4.69) is 39.5 Å². The van der Waals surface area contributed by atoms with Crippen molar-refractivity contribution in [1.82, 2.24) is 0 Å². The third-order valence-corrected chi connectivity index (χ3v) is 3.30. The molecular weight excluding hydrogens is 180 g/mol. The molecule has 0 saturated carbocycles. The van der Waals surface area contributed by atoms with Gasteiger partial charge in [-0.15, -0.1) is 0 Å². The number of hydrogen-bond donors (Lipinski definition) is 0. The van der Waals surface area contributed by atoms with Crippen LogP contribution in [0, 0.1) is 5.92 Å². The van der Waals surface area contributed by atoms with Crippen LogP contribution in [0.2, 0.25) is 0 Å². The molecule has 0 fully saturated rings. The fourth-order valence-corrected chi connectivity index (χ4v) is 2.17. The number of allylic oxidation sites excluding steroid dienone is 5. The van der Waals surface area contributed by atoms with Gasteiger partial charge in [0.15, 0.2) is 0 Å². The molecule has 1 atom stereocenters. The Hall–Kier alpha value is -0.780. The van der Waals surface area contributed by atoms with E-state index in [-0.39, 0.29) is 0 Å². The first-order chi connectivity index (χ1) is 7.09. The van der Waals surface area contributed by atoms with E-state index >= 15 is 0 Å². The van der Waals surface area contributed by atoms with E-state index in [9.17, 15) is 0 Å². The zero-order valence-electron chi connectivity index (χ0n) is 10.5. The van der Waals surface area contributed by atoms with E-state index in [1.165, 1.54) is 43.3 Å². The quantitative estimate of drug-likeness (QED) is 0.525. The van der Waals surface area contributed by atoms with Gasteiger partial charge in [0, 0.05) is 0 Å². The van der Waals surface area contributed by atoms with Crippen LogP contribution in [0.3, 0.4) is 0 Å². The van der Waals surface area contributed by atoms with Gasteiger partial charge in [-0.3, -0.25) is 0 Å². The van der Waals surface area contributed by atoms with E-state index in [1.807, 2.05) is 0 Å². The lowest BCUT2D eigenvalue weighted by Gasteiger charge is -2.18. The molecule has 1 aliphatic carbocycles. The van der Waals surface area contributed by atoms with E-state index in [0.29, 0.717) is 5.92 Å². The second-order valence-corrected chi connectivity index (χ2v) is 4.96. The molecule has 0 aliphatic heterocycles. The predicted molar refractivity (Wildman–Crippen MR) is 68.9 cm³/mol. The zero-order chi connectivity index (χ0) is 11.3. The Kier molecular flexibility index (Phi) is 4.87. The van der Waals surface area contributed by atoms with Crippen molar-refractivity contribution in [1.29, 1.82) is 0 Å². The number of rotatable bonds is 1. The first-order valence-corrected chi connectivity index (χ1v) is 6.06. The summed E-state index contributed by atoms with van der Waals surface area (Å²) in [6, 6.07) is 0. The van der Waals surface area contributed by atoms with E-state index in [0.717, 1.165) is 0 Å². The summed E-state index contributed by atoms with van der Waals surface area (Å²) in [5, 5.41) is 0. The minimum absolute atomic E-state index is 0.684. The molecule has 0 N–H and O–H groups in total. The standard InChI is InChI=1S/C15H24/c1-12(2)15-10-6-8-13(3)7-5-9-14(4)11-15/h8-9,15H,1,5-7,10-11H2,2-4H3/b13-8+,14-9+. The average Bonchev–Trinajstić information content (AvgIpc) is 2.16. The Morgan fingerprint density at radius 2 is 1.87 bits per heavy atom. The van der Waals surface area contributed by atoms with E-state index in [1.54, 1.807) is 5.57 Å². The van der Waals surface area contributed by atoms with Gasteiger partial charge in [-0.2, -0.15) is 0 Å². The summed E-state index contributed by atoms with van der Waals surface area (Å²) in [5.41, 5.74) is 4.42. The maximum atomic E-state index is 4.11. The maximum Gasteiger partial charge on any atom is -0.0169 e. The highest BCUT2D eigenvalue weighted by molar-refractivity contribution is 5.10. The molecule has 0 bridgehead atoms. The van der Waals surface area contributed by atoms with Crippen LogP contribution in [-0.2, 0) is 0 Å². The molecule has 84 valence electrons. The smallest absolute Gasteiger partial charge is 0.0169 e. The van der Waals surface area contributed by atoms with Crippen LogP contribution in [0.4, 0.5) is 0 Å². The molecule has 15 heavy (non-hydrogen) atoms. The van der Waals surface area contributed by atoms with Crippen LogP contribution in [0.5, 0.6) is 0 Å². The van der Waals surface area contributed by atoms with Gasteiger partial charge in [-0.25, -0.2) is 0 Å². The molecule has 1 aliphatic rings. The van der Waals surface area contributed by atoms with Crippen molar-refractivity contribution in [3.63, 3.8) is 0 Å². The first-order valence-electron chi connectivity index (χ1n) is 6.06. The third kappa shape index (κ3) is 4.51. The largest absolute Gasteiger partial charge is 0.0998 e. The number of hydrogen-bond acceptors (Lipinski definition) is 0. The Labute approximate surface area is 94.8 Å². The summed E-state index contributed by atoms with van der Waals surface area (Å²) in [6.45, 7) is 10.8. The summed E-state index contributed by atoms with van der Waals surface area (Å²) >= 11 is 0. The van der Waals surface area contributed by atoms with Crippen LogP contribution < -0.4 is 0 Å². The van der Waals surface area contributed by atoms with Crippen molar-refractivity contribution in [2.45, 2.75) is 52.9 Å². The highest BCUT2D eigenvalue weighted by Crippen LogP contribution is 2.25. The summed E-state index contributed by atoms with van der Waals surface area (Å²) in [5.74, 6) is 0.684. The van der Waals surface area contributed by atoms with Crippen LogP contribution in [0.25, 0.3) is 0 Å². The maximum absolute atomic E-state index is 4.11. The highest BCUT2D eigenvalue weighted by atomic mass is 14.2. The molecule has 0 saturated heterocycles. The van der Waals surface area contributed by atoms with Crippen molar-refractivity contribution in [3.8, 4) is 0 Å². The molecule has 0 nitrogen and oxygen atoms in total. The van der Waals surface area contributed by atoms with Gasteiger partial charge in [0.2, 0.25) is 0 Å². The Balaban J connectivity index is 2.70. The highest BCUT2D eigenvalue weighted by Gasteiger charge is 2.10. The Morgan fingerprint density at radius 3 is 2.53 bits per heavy atom. The second-order valence-electron chi connectivity index (χ2n) is 4.96. The third-order valence-electron chi connectivity index (χ3n) is 3.30. The van der Waals surface area contributed by atoms with Gasteiger partial charge in [0.25, 0.3) is 0 Å². The van der Waals surface area contributed by atoms with Crippen LogP contribution in [0.15, 0.2) is 35.5 Å². The van der Waals surface area contributed by atoms with Crippen molar-refractivity contribution in [2.75, 3.05) is 0 Å². The Bertz CT molecular complexity index is 278. The molecule has 0 aromatic heterocycles. The minimum atomic E-state index is 0.684. The molecule has 1 rings (SSSR count). The van der Waals surface area contributed by atoms with Crippen molar-refractivity contribution in [2.24, 2.45) is 5.92 Å². The molecule has 1 unspecified atom stereocenters. The van der Waals surface area contributed by atoms with Gasteiger partial charge < -0.3 is 0 Å². The van der Waals surface area contributed by atoms with Crippen molar-refractivity contribution in [3.05, 3.63) is 35.5 Å². The summed E-state index contributed by atoms with van der Waals surface area (Å²) in [6.07, 6.45) is 10.9. The lowest BCUT2D eigenvalue weighted by Crippen LogP contribution is -2.03. The Morgan fingerprint density at radius 1 is 1.20 bits per heavy atom.